The summed E-state index contributed by atoms with van der Waals surface area (Å²) >= 11 is 7.19. The van der Waals surface area contributed by atoms with Gasteiger partial charge < -0.3 is 14.5 Å². The van der Waals surface area contributed by atoms with Gasteiger partial charge in [0.15, 0.2) is 0 Å². The molecule has 1 aliphatic rings. The second-order valence-electron chi connectivity index (χ2n) is 5.52. The number of rotatable bonds is 6. The minimum Gasteiger partial charge on any atom is -0.411 e. The van der Waals surface area contributed by atoms with Crippen LogP contribution in [0.5, 0.6) is 0 Å². The summed E-state index contributed by atoms with van der Waals surface area (Å²) in [6.07, 6.45) is 2.18. The lowest BCUT2D eigenvalue weighted by molar-refractivity contribution is -0.120. The molecule has 0 radical (unpaired) electrons. The van der Waals surface area contributed by atoms with Gasteiger partial charge in [0.25, 0.3) is 5.22 Å². The third-order valence-corrected chi connectivity index (χ3v) is 4.82. The fraction of sp³-hybridized carbons (Fsp3) is 0.438. The van der Waals surface area contributed by atoms with E-state index in [-0.39, 0.29) is 17.3 Å². The first-order chi connectivity index (χ1) is 11.6. The molecule has 1 N–H and O–H groups in total. The van der Waals surface area contributed by atoms with Gasteiger partial charge in [-0.1, -0.05) is 29.4 Å². The van der Waals surface area contributed by atoms with E-state index in [4.69, 9.17) is 20.8 Å². The second kappa shape index (κ2) is 8.00. The Bertz CT molecular complexity index is 703. The number of benzene rings is 1. The van der Waals surface area contributed by atoms with Gasteiger partial charge >= 0.3 is 0 Å². The lowest BCUT2D eigenvalue weighted by atomic mass is 10.2. The first-order valence-electron chi connectivity index (χ1n) is 7.77. The van der Waals surface area contributed by atoms with Gasteiger partial charge in [0, 0.05) is 23.7 Å². The van der Waals surface area contributed by atoms with Crippen molar-refractivity contribution in [3.63, 3.8) is 0 Å². The number of ether oxygens (including phenoxy) is 1. The highest BCUT2D eigenvalue weighted by Gasteiger charge is 2.21. The third kappa shape index (κ3) is 4.49. The summed E-state index contributed by atoms with van der Waals surface area (Å²) in [5.41, 5.74) is 0.748. The SMILES string of the molecule is CC(Sc1nnc(-c2cccc(Cl)c2)o1)C(=O)NCC1CCCO1. The Kier molecular flexibility index (Phi) is 5.76. The molecule has 1 aliphatic heterocycles. The molecule has 2 atom stereocenters. The Labute approximate surface area is 149 Å². The Morgan fingerprint density at radius 3 is 3.12 bits per heavy atom. The van der Waals surface area contributed by atoms with E-state index in [1.165, 1.54) is 11.8 Å². The van der Waals surface area contributed by atoms with Crippen molar-refractivity contribution in [2.45, 2.75) is 36.3 Å². The summed E-state index contributed by atoms with van der Waals surface area (Å²) in [7, 11) is 0. The van der Waals surface area contributed by atoms with Gasteiger partial charge in [0.2, 0.25) is 11.8 Å². The molecule has 2 heterocycles. The van der Waals surface area contributed by atoms with Crippen LogP contribution in [0.15, 0.2) is 33.9 Å². The molecule has 0 saturated carbocycles. The summed E-state index contributed by atoms with van der Waals surface area (Å²) < 4.78 is 11.1. The van der Waals surface area contributed by atoms with Crippen LogP contribution in [-0.2, 0) is 9.53 Å². The maximum Gasteiger partial charge on any atom is 0.277 e. The van der Waals surface area contributed by atoms with E-state index in [0.29, 0.717) is 22.7 Å². The summed E-state index contributed by atoms with van der Waals surface area (Å²) in [5, 5.41) is 11.5. The highest BCUT2D eigenvalue weighted by Crippen LogP contribution is 2.27. The molecule has 24 heavy (non-hydrogen) atoms. The summed E-state index contributed by atoms with van der Waals surface area (Å²) in [4.78, 5) is 12.1. The zero-order valence-corrected chi connectivity index (χ0v) is 14.8. The molecule has 1 aromatic carbocycles. The number of hydrogen-bond acceptors (Lipinski definition) is 6. The van der Waals surface area contributed by atoms with Crippen LogP contribution in [0.2, 0.25) is 5.02 Å². The largest absolute Gasteiger partial charge is 0.411 e. The predicted octanol–water partition coefficient (Wildman–Crippen LogP) is 3.17. The van der Waals surface area contributed by atoms with Gasteiger partial charge in [0.1, 0.15) is 0 Å². The van der Waals surface area contributed by atoms with Gasteiger partial charge in [-0.25, -0.2) is 0 Å². The summed E-state index contributed by atoms with van der Waals surface area (Å²) in [6, 6.07) is 7.18. The molecule has 1 aromatic heterocycles. The van der Waals surface area contributed by atoms with E-state index in [2.05, 4.69) is 15.5 Å². The van der Waals surface area contributed by atoms with Crippen molar-refractivity contribution in [3.05, 3.63) is 29.3 Å². The monoisotopic (exact) mass is 367 g/mol. The van der Waals surface area contributed by atoms with Crippen molar-refractivity contribution in [1.82, 2.24) is 15.5 Å². The minimum absolute atomic E-state index is 0.0713. The first kappa shape index (κ1) is 17.3. The van der Waals surface area contributed by atoms with E-state index in [9.17, 15) is 4.79 Å². The number of amides is 1. The standard InChI is InChI=1S/C16H18ClN3O3S/c1-10(14(21)18-9-13-6-3-7-22-13)24-16-20-19-15(23-16)11-4-2-5-12(17)8-11/h2,4-5,8,10,13H,3,6-7,9H2,1H3,(H,18,21). The normalized spacial score (nSPS) is 18.5. The molecule has 8 heteroatoms. The first-order valence-corrected chi connectivity index (χ1v) is 9.03. The fourth-order valence-electron chi connectivity index (χ4n) is 2.36. The number of halogens is 1. The Hall–Kier alpha value is -1.57. The van der Waals surface area contributed by atoms with Crippen LogP contribution < -0.4 is 5.32 Å². The lowest BCUT2D eigenvalue weighted by Gasteiger charge is -2.13. The molecule has 0 bridgehead atoms. The number of nitrogens with zero attached hydrogens (tertiary/aromatic N) is 2. The van der Waals surface area contributed by atoms with Crippen molar-refractivity contribution in [1.29, 1.82) is 0 Å². The van der Waals surface area contributed by atoms with Crippen LogP contribution >= 0.6 is 23.4 Å². The number of nitrogens with one attached hydrogen (secondary N) is 1. The van der Waals surface area contributed by atoms with Crippen molar-refractivity contribution in [3.8, 4) is 11.5 Å². The second-order valence-corrected chi connectivity index (χ2v) is 7.25. The van der Waals surface area contributed by atoms with Crippen molar-refractivity contribution in [2.24, 2.45) is 0 Å². The Balaban J connectivity index is 1.54. The summed E-state index contributed by atoms with van der Waals surface area (Å²) in [6.45, 7) is 3.12. The van der Waals surface area contributed by atoms with Gasteiger partial charge in [-0.15, -0.1) is 10.2 Å². The maximum absolute atomic E-state index is 12.1. The molecule has 0 spiro atoms. The van der Waals surface area contributed by atoms with E-state index >= 15 is 0 Å². The molecule has 1 fully saturated rings. The Morgan fingerprint density at radius 2 is 2.38 bits per heavy atom. The zero-order valence-electron chi connectivity index (χ0n) is 13.2. The lowest BCUT2D eigenvalue weighted by Crippen LogP contribution is -2.36. The van der Waals surface area contributed by atoms with E-state index in [1.807, 2.05) is 12.1 Å². The van der Waals surface area contributed by atoms with Gasteiger partial charge in [0.05, 0.1) is 11.4 Å². The molecule has 2 unspecified atom stereocenters. The fourth-order valence-corrected chi connectivity index (χ4v) is 3.26. The number of carbonyl (C=O) groups is 1. The van der Waals surface area contributed by atoms with Gasteiger partial charge in [-0.2, -0.15) is 0 Å². The quantitative estimate of drug-likeness (QED) is 0.790. The van der Waals surface area contributed by atoms with Crippen LogP contribution in [0.1, 0.15) is 19.8 Å². The van der Waals surface area contributed by atoms with Gasteiger partial charge in [-0.3, -0.25) is 4.79 Å². The summed E-state index contributed by atoms with van der Waals surface area (Å²) in [5.74, 6) is 0.310. The van der Waals surface area contributed by atoms with Crippen molar-refractivity contribution in [2.75, 3.05) is 13.2 Å². The molecule has 0 aliphatic carbocycles. The van der Waals surface area contributed by atoms with E-state index in [0.717, 1.165) is 25.0 Å². The van der Waals surface area contributed by atoms with Crippen LogP contribution in [0.25, 0.3) is 11.5 Å². The molecule has 2 aromatic rings. The van der Waals surface area contributed by atoms with Crippen LogP contribution in [-0.4, -0.2) is 40.6 Å². The van der Waals surface area contributed by atoms with Gasteiger partial charge in [-0.05, 0) is 38.0 Å². The molecule has 128 valence electrons. The van der Waals surface area contributed by atoms with Crippen LogP contribution in [0.3, 0.4) is 0 Å². The molecule has 6 nitrogen and oxygen atoms in total. The number of thioether (sulfide) groups is 1. The highest BCUT2D eigenvalue weighted by atomic mass is 35.5. The minimum atomic E-state index is -0.334. The maximum atomic E-state index is 12.1. The van der Waals surface area contributed by atoms with Crippen LogP contribution in [0, 0.1) is 0 Å². The van der Waals surface area contributed by atoms with E-state index < -0.39 is 0 Å². The molecule has 3 rings (SSSR count). The molecular formula is C16H18ClN3O3S. The highest BCUT2D eigenvalue weighted by molar-refractivity contribution is 8.00. The predicted molar refractivity (Wildman–Crippen MR) is 92.0 cm³/mol. The smallest absolute Gasteiger partial charge is 0.277 e. The average molecular weight is 368 g/mol. The number of hydrogen-bond donors (Lipinski definition) is 1. The zero-order chi connectivity index (χ0) is 16.9. The number of aromatic nitrogens is 2. The topological polar surface area (TPSA) is 77.2 Å². The average Bonchev–Trinajstić information content (AvgIpc) is 3.24. The third-order valence-electron chi connectivity index (χ3n) is 3.65. The van der Waals surface area contributed by atoms with Crippen molar-refractivity contribution >= 4 is 29.3 Å². The number of carbonyl (C=O) groups excluding carboxylic acids is 1. The van der Waals surface area contributed by atoms with E-state index in [1.54, 1.807) is 19.1 Å². The van der Waals surface area contributed by atoms with Crippen LogP contribution in [0.4, 0.5) is 0 Å². The van der Waals surface area contributed by atoms with Crippen molar-refractivity contribution < 1.29 is 13.9 Å². The molecule has 1 saturated heterocycles. The Morgan fingerprint density at radius 1 is 1.50 bits per heavy atom. The molecular weight excluding hydrogens is 350 g/mol. The molecule has 1 amide bonds.